The van der Waals surface area contributed by atoms with Crippen LogP contribution in [-0.4, -0.2) is 30.6 Å². The van der Waals surface area contributed by atoms with Crippen molar-refractivity contribution in [3.05, 3.63) is 5.82 Å². The van der Waals surface area contributed by atoms with Crippen LogP contribution in [0.4, 0.5) is 5.95 Å². The molecule has 92 valence electrons. The number of hydrogen-bond acceptors (Lipinski definition) is 7. The summed E-state index contributed by atoms with van der Waals surface area (Å²) in [6.45, 7) is 4.32. The third-order valence-corrected chi connectivity index (χ3v) is 3.57. The molecule has 0 fully saturated rings. The largest absolute Gasteiger partial charge is 0.366 e. The van der Waals surface area contributed by atoms with Crippen LogP contribution in [0.25, 0.3) is 11.7 Å². The normalized spacial score (nSPS) is 12.8. The average Bonchev–Trinajstić information content (AvgIpc) is 2.94. The van der Waals surface area contributed by atoms with Gasteiger partial charge >= 0.3 is 0 Å². The lowest BCUT2D eigenvalue weighted by molar-refractivity contribution is 0.422. The van der Waals surface area contributed by atoms with Crippen molar-refractivity contribution in [1.29, 1.82) is 0 Å². The first kappa shape index (κ1) is 11.9. The van der Waals surface area contributed by atoms with Crippen molar-refractivity contribution in [2.24, 2.45) is 0 Å². The zero-order chi connectivity index (χ0) is 12.3. The summed E-state index contributed by atoms with van der Waals surface area (Å²) < 4.78 is 5.07. The lowest BCUT2D eigenvalue weighted by atomic mass is 10.4. The molecule has 0 saturated carbocycles. The number of nitrogens with zero attached hydrogens (tertiary/aromatic N) is 4. The van der Waals surface area contributed by atoms with E-state index in [-0.39, 0.29) is 5.95 Å². The zero-order valence-electron chi connectivity index (χ0n) is 9.67. The smallest absolute Gasteiger partial charge is 0.295 e. The second kappa shape index (κ2) is 5.17. The van der Waals surface area contributed by atoms with E-state index in [1.165, 1.54) is 0 Å². The standard InChI is InChI=1S/C9H14N6OS/c1-3-5(2)17-4-6-11-8(16-15-6)7-12-9(10)14-13-7/h5H,3-4H2,1-2H3,(H3,10,12,13,14). The lowest BCUT2D eigenvalue weighted by Gasteiger charge is -2.04. The highest BCUT2D eigenvalue weighted by atomic mass is 32.2. The molecule has 8 heteroatoms. The molecular weight excluding hydrogens is 240 g/mol. The summed E-state index contributed by atoms with van der Waals surface area (Å²) in [4.78, 5) is 8.13. The van der Waals surface area contributed by atoms with Gasteiger partial charge in [0, 0.05) is 5.25 Å². The molecular formula is C9H14N6OS. The van der Waals surface area contributed by atoms with Gasteiger partial charge in [-0.1, -0.05) is 19.0 Å². The molecule has 1 atom stereocenters. The number of rotatable bonds is 5. The third kappa shape index (κ3) is 2.96. The van der Waals surface area contributed by atoms with Crippen LogP contribution in [0.3, 0.4) is 0 Å². The predicted octanol–water partition coefficient (Wildman–Crippen LogP) is 1.47. The molecule has 0 aliphatic carbocycles. The van der Waals surface area contributed by atoms with Gasteiger partial charge in [0.15, 0.2) is 5.82 Å². The van der Waals surface area contributed by atoms with Crippen LogP contribution < -0.4 is 5.73 Å². The molecule has 1 unspecified atom stereocenters. The summed E-state index contributed by atoms with van der Waals surface area (Å²) in [7, 11) is 0. The van der Waals surface area contributed by atoms with Crippen LogP contribution in [0.15, 0.2) is 4.52 Å². The van der Waals surface area contributed by atoms with Gasteiger partial charge in [0.05, 0.1) is 5.75 Å². The maximum Gasteiger partial charge on any atom is 0.295 e. The van der Waals surface area contributed by atoms with Crippen LogP contribution in [0.1, 0.15) is 26.1 Å². The summed E-state index contributed by atoms with van der Waals surface area (Å²) >= 11 is 1.79. The van der Waals surface area contributed by atoms with Gasteiger partial charge in [-0.3, -0.25) is 5.10 Å². The fourth-order valence-corrected chi connectivity index (χ4v) is 1.90. The van der Waals surface area contributed by atoms with Gasteiger partial charge in [0.2, 0.25) is 11.8 Å². The van der Waals surface area contributed by atoms with E-state index in [2.05, 4.69) is 39.2 Å². The second-order valence-electron chi connectivity index (χ2n) is 3.59. The Morgan fingerprint density at radius 1 is 1.47 bits per heavy atom. The maximum absolute atomic E-state index is 5.39. The number of hydrogen-bond donors (Lipinski definition) is 2. The van der Waals surface area contributed by atoms with Crippen molar-refractivity contribution in [1.82, 2.24) is 25.3 Å². The number of nitrogen functional groups attached to an aromatic ring is 1. The van der Waals surface area contributed by atoms with E-state index in [9.17, 15) is 0 Å². The van der Waals surface area contributed by atoms with Crippen molar-refractivity contribution >= 4 is 17.7 Å². The van der Waals surface area contributed by atoms with E-state index in [0.29, 0.717) is 22.8 Å². The summed E-state index contributed by atoms with van der Waals surface area (Å²) in [6.07, 6.45) is 1.12. The topological polar surface area (TPSA) is 107 Å². The average molecular weight is 254 g/mol. The van der Waals surface area contributed by atoms with E-state index in [4.69, 9.17) is 10.3 Å². The summed E-state index contributed by atoms with van der Waals surface area (Å²) in [5.74, 6) is 2.25. The molecule has 0 spiro atoms. The molecule has 17 heavy (non-hydrogen) atoms. The van der Waals surface area contributed by atoms with Gasteiger partial charge in [0.25, 0.3) is 5.89 Å². The fourth-order valence-electron chi connectivity index (χ4n) is 1.11. The Kier molecular flexibility index (Phi) is 3.62. The Labute approximate surface area is 103 Å². The highest BCUT2D eigenvalue weighted by molar-refractivity contribution is 7.99. The molecule has 2 aromatic heterocycles. The van der Waals surface area contributed by atoms with E-state index < -0.39 is 0 Å². The summed E-state index contributed by atoms with van der Waals surface area (Å²) in [6, 6.07) is 0. The summed E-state index contributed by atoms with van der Waals surface area (Å²) in [5.41, 5.74) is 5.39. The third-order valence-electron chi connectivity index (χ3n) is 2.25. The van der Waals surface area contributed by atoms with Crippen LogP contribution in [0.5, 0.6) is 0 Å². The Morgan fingerprint density at radius 3 is 2.94 bits per heavy atom. The number of thioether (sulfide) groups is 1. The number of nitrogens with two attached hydrogens (primary N) is 1. The minimum atomic E-state index is 0.161. The van der Waals surface area contributed by atoms with Crippen molar-refractivity contribution in [2.45, 2.75) is 31.3 Å². The molecule has 3 N–H and O–H groups in total. The van der Waals surface area contributed by atoms with Gasteiger partial charge < -0.3 is 10.3 Å². The van der Waals surface area contributed by atoms with E-state index in [1.54, 1.807) is 11.8 Å². The molecule has 0 aliphatic rings. The molecule has 2 rings (SSSR count). The minimum Gasteiger partial charge on any atom is -0.366 e. The van der Waals surface area contributed by atoms with Crippen molar-refractivity contribution in [2.75, 3.05) is 5.73 Å². The van der Waals surface area contributed by atoms with Crippen molar-refractivity contribution in [3.63, 3.8) is 0 Å². The Balaban J connectivity index is 2.01. The number of H-pyrrole nitrogens is 1. The Bertz CT molecular complexity index is 481. The van der Waals surface area contributed by atoms with Crippen molar-refractivity contribution in [3.8, 4) is 11.7 Å². The van der Waals surface area contributed by atoms with E-state index in [0.717, 1.165) is 12.2 Å². The molecule has 0 saturated heterocycles. The fraction of sp³-hybridized carbons (Fsp3) is 0.556. The number of aromatic nitrogens is 5. The monoisotopic (exact) mass is 254 g/mol. The Hall–Kier alpha value is -1.57. The van der Waals surface area contributed by atoms with Gasteiger partial charge in [-0.2, -0.15) is 21.7 Å². The minimum absolute atomic E-state index is 0.161. The molecule has 7 nitrogen and oxygen atoms in total. The van der Waals surface area contributed by atoms with Crippen LogP contribution in [0.2, 0.25) is 0 Å². The van der Waals surface area contributed by atoms with Crippen LogP contribution in [0, 0.1) is 0 Å². The highest BCUT2D eigenvalue weighted by Crippen LogP contribution is 2.19. The molecule has 0 aliphatic heterocycles. The molecule has 0 bridgehead atoms. The van der Waals surface area contributed by atoms with Gasteiger partial charge in [-0.25, -0.2) is 0 Å². The predicted molar refractivity (Wildman–Crippen MR) is 65.1 cm³/mol. The first-order valence-electron chi connectivity index (χ1n) is 5.31. The quantitative estimate of drug-likeness (QED) is 0.831. The molecule has 2 heterocycles. The maximum atomic E-state index is 5.39. The van der Waals surface area contributed by atoms with E-state index in [1.807, 2.05) is 0 Å². The SMILES string of the molecule is CCC(C)SCc1noc(-c2nc(N)n[nH]2)n1. The molecule has 0 aromatic carbocycles. The number of aromatic amines is 1. The first-order chi connectivity index (χ1) is 8.19. The number of anilines is 1. The number of nitrogens with one attached hydrogen (secondary N) is 1. The van der Waals surface area contributed by atoms with Crippen LogP contribution >= 0.6 is 11.8 Å². The second-order valence-corrected chi connectivity index (χ2v) is 5.01. The van der Waals surface area contributed by atoms with Gasteiger partial charge in [-0.05, 0) is 6.42 Å². The van der Waals surface area contributed by atoms with E-state index >= 15 is 0 Å². The van der Waals surface area contributed by atoms with Gasteiger partial charge in [0.1, 0.15) is 0 Å². The van der Waals surface area contributed by atoms with Gasteiger partial charge in [-0.15, -0.1) is 5.10 Å². The highest BCUT2D eigenvalue weighted by Gasteiger charge is 2.13. The zero-order valence-corrected chi connectivity index (χ0v) is 10.5. The lowest BCUT2D eigenvalue weighted by Crippen LogP contribution is -1.94. The Morgan fingerprint density at radius 2 is 2.29 bits per heavy atom. The van der Waals surface area contributed by atoms with Crippen molar-refractivity contribution < 1.29 is 4.52 Å². The molecule has 0 amide bonds. The molecule has 0 radical (unpaired) electrons. The first-order valence-corrected chi connectivity index (χ1v) is 6.36. The van der Waals surface area contributed by atoms with Crippen LogP contribution in [-0.2, 0) is 5.75 Å². The molecule has 2 aromatic rings. The summed E-state index contributed by atoms with van der Waals surface area (Å²) in [5, 5.41) is 10.8.